The average molecular weight is 386 g/mol. The van der Waals surface area contributed by atoms with Crippen LogP contribution in [0.25, 0.3) is 0 Å². The maximum atomic E-state index is 12.6. The fourth-order valence-corrected chi connectivity index (χ4v) is 3.88. The van der Waals surface area contributed by atoms with Crippen LogP contribution in [0.4, 0.5) is 5.69 Å². The van der Waals surface area contributed by atoms with E-state index in [0.717, 1.165) is 31.0 Å². The van der Waals surface area contributed by atoms with E-state index in [1.165, 1.54) is 18.4 Å². The lowest BCUT2D eigenvalue weighted by Crippen LogP contribution is -2.34. The molecule has 0 aliphatic carbocycles. The van der Waals surface area contributed by atoms with E-state index in [-0.39, 0.29) is 11.9 Å². The molecular formula is C24H26N4O. The molecule has 0 unspecified atom stereocenters. The van der Waals surface area contributed by atoms with Crippen molar-refractivity contribution in [3.8, 4) is 0 Å². The van der Waals surface area contributed by atoms with E-state index >= 15 is 0 Å². The van der Waals surface area contributed by atoms with Crippen molar-refractivity contribution in [3.63, 3.8) is 0 Å². The van der Waals surface area contributed by atoms with Crippen LogP contribution in [-0.4, -0.2) is 27.3 Å². The summed E-state index contributed by atoms with van der Waals surface area (Å²) in [5.41, 5.74) is 3.30. The first-order valence-corrected chi connectivity index (χ1v) is 10.2. The predicted molar refractivity (Wildman–Crippen MR) is 115 cm³/mol. The topological polar surface area (TPSA) is 58.1 Å². The zero-order valence-corrected chi connectivity index (χ0v) is 16.7. The number of hydrogen-bond donors (Lipinski definition) is 1. The first kappa shape index (κ1) is 19.3. The van der Waals surface area contributed by atoms with Gasteiger partial charge >= 0.3 is 0 Å². The van der Waals surface area contributed by atoms with Crippen LogP contribution in [0.5, 0.6) is 0 Å². The first-order chi connectivity index (χ1) is 14.2. The maximum absolute atomic E-state index is 12.6. The molecule has 5 heteroatoms. The number of carbonyl (C=O) groups excluding carboxylic acids is 1. The molecule has 0 saturated carbocycles. The molecule has 1 N–H and O–H groups in total. The van der Waals surface area contributed by atoms with Gasteiger partial charge in [0.1, 0.15) is 5.82 Å². The molecule has 5 nitrogen and oxygen atoms in total. The number of aryl methyl sites for hydroxylation is 1. The van der Waals surface area contributed by atoms with Gasteiger partial charge in [0, 0.05) is 18.4 Å². The Kier molecular flexibility index (Phi) is 5.96. The second-order valence-corrected chi connectivity index (χ2v) is 7.52. The summed E-state index contributed by atoms with van der Waals surface area (Å²) in [7, 11) is 0. The summed E-state index contributed by atoms with van der Waals surface area (Å²) in [6.07, 6.45) is 5.08. The van der Waals surface area contributed by atoms with E-state index in [9.17, 15) is 4.79 Å². The molecule has 1 amide bonds. The Bertz CT molecular complexity index is 959. The summed E-state index contributed by atoms with van der Waals surface area (Å²) in [5.74, 6) is 0.638. The third kappa shape index (κ3) is 4.69. The smallest absolute Gasteiger partial charge is 0.259 e. The molecule has 1 saturated heterocycles. The Morgan fingerprint density at radius 3 is 2.52 bits per heavy atom. The summed E-state index contributed by atoms with van der Waals surface area (Å²) in [6, 6.07) is 20.2. The van der Waals surface area contributed by atoms with Crippen molar-refractivity contribution in [2.45, 2.75) is 38.8 Å². The van der Waals surface area contributed by atoms with Crippen LogP contribution >= 0.6 is 0 Å². The molecule has 2 heterocycles. The van der Waals surface area contributed by atoms with E-state index in [1.54, 1.807) is 6.20 Å². The van der Waals surface area contributed by atoms with Crippen molar-refractivity contribution < 1.29 is 4.79 Å². The van der Waals surface area contributed by atoms with E-state index in [4.69, 9.17) is 4.98 Å². The molecule has 1 atom stereocenters. The van der Waals surface area contributed by atoms with Crippen LogP contribution in [0.2, 0.25) is 0 Å². The lowest BCUT2D eigenvalue weighted by Gasteiger charge is -2.34. The zero-order chi connectivity index (χ0) is 20.1. The highest BCUT2D eigenvalue weighted by molar-refractivity contribution is 6.04. The van der Waals surface area contributed by atoms with Gasteiger partial charge in [0.05, 0.1) is 17.3 Å². The Morgan fingerprint density at radius 1 is 1.07 bits per heavy atom. The standard InChI is InChI=1S/C24H26N4O/c1-18-21(24(29)27-20-12-6-3-7-13-20)16-25-23(26-18)22-14-8-9-15-28(22)17-19-10-4-2-5-11-19/h2-7,10-13,16,22H,8-9,14-15,17H2,1H3,(H,27,29)/t22-/m1/s1. The molecule has 0 spiro atoms. The number of nitrogens with zero attached hydrogens (tertiary/aromatic N) is 3. The van der Waals surface area contributed by atoms with E-state index in [0.29, 0.717) is 11.3 Å². The van der Waals surface area contributed by atoms with Crippen LogP contribution < -0.4 is 5.32 Å². The average Bonchev–Trinajstić information content (AvgIpc) is 2.75. The SMILES string of the molecule is Cc1nc([C@H]2CCCCN2Cc2ccccc2)ncc1C(=O)Nc1ccccc1. The predicted octanol–water partition coefficient (Wildman–Crippen LogP) is 4.76. The lowest BCUT2D eigenvalue weighted by molar-refractivity contribution is 0.102. The first-order valence-electron chi connectivity index (χ1n) is 10.2. The van der Waals surface area contributed by atoms with E-state index in [1.807, 2.05) is 43.3 Å². The molecule has 2 aromatic carbocycles. The number of nitrogens with one attached hydrogen (secondary N) is 1. The molecule has 29 heavy (non-hydrogen) atoms. The van der Waals surface area contributed by atoms with Gasteiger partial charge in [-0.3, -0.25) is 9.69 Å². The summed E-state index contributed by atoms with van der Waals surface area (Å²) < 4.78 is 0. The van der Waals surface area contributed by atoms with Crippen LogP contribution in [0, 0.1) is 6.92 Å². The van der Waals surface area contributed by atoms with Gasteiger partial charge < -0.3 is 5.32 Å². The van der Waals surface area contributed by atoms with Gasteiger partial charge in [0.25, 0.3) is 5.91 Å². The number of likely N-dealkylation sites (tertiary alicyclic amines) is 1. The van der Waals surface area contributed by atoms with Gasteiger partial charge in [-0.1, -0.05) is 55.0 Å². The summed E-state index contributed by atoms with van der Waals surface area (Å²) >= 11 is 0. The van der Waals surface area contributed by atoms with Crippen LogP contribution in [0.3, 0.4) is 0 Å². The van der Waals surface area contributed by atoms with Crippen molar-refractivity contribution in [1.82, 2.24) is 14.9 Å². The van der Waals surface area contributed by atoms with Crippen LogP contribution in [0.1, 0.15) is 52.7 Å². The monoisotopic (exact) mass is 386 g/mol. The number of amides is 1. The minimum atomic E-state index is -0.176. The third-order valence-corrected chi connectivity index (χ3v) is 5.41. The molecular weight excluding hydrogens is 360 g/mol. The van der Waals surface area contributed by atoms with Crippen molar-refractivity contribution in [2.24, 2.45) is 0 Å². The van der Waals surface area contributed by atoms with Crippen molar-refractivity contribution in [3.05, 3.63) is 89.5 Å². The number of rotatable bonds is 5. The van der Waals surface area contributed by atoms with Gasteiger partial charge in [0.2, 0.25) is 0 Å². The second kappa shape index (κ2) is 8.97. The minimum Gasteiger partial charge on any atom is -0.322 e. The Morgan fingerprint density at radius 2 is 1.79 bits per heavy atom. The second-order valence-electron chi connectivity index (χ2n) is 7.52. The van der Waals surface area contributed by atoms with Gasteiger partial charge in [-0.05, 0) is 44.0 Å². The zero-order valence-electron chi connectivity index (χ0n) is 16.7. The summed E-state index contributed by atoms with van der Waals surface area (Å²) in [6.45, 7) is 3.82. The molecule has 3 aromatic rings. The Hall–Kier alpha value is -3.05. The summed E-state index contributed by atoms with van der Waals surface area (Å²) in [5, 5.41) is 2.91. The fraction of sp³-hybridized carbons (Fsp3) is 0.292. The molecule has 148 valence electrons. The van der Waals surface area contributed by atoms with E-state index < -0.39 is 0 Å². The maximum Gasteiger partial charge on any atom is 0.259 e. The van der Waals surface area contributed by atoms with Crippen LogP contribution in [-0.2, 0) is 6.54 Å². The molecule has 1 aliphatic heterocycles. The highest BCUT2D eigenvalue weighted by Crippen LogP contribution is 2.30. The largest absolute Gasteiger partial charge is 0.322 e. The molecule has 4 rings (SSSR count). The van der Waals surface area contributed by atoms with Gasteiger partial charge in [0.15, 0.2) is 0 Å². The highest BCUT2D eigenvalue weighted by Gasteiger charge is 2.27. The number of piperidine rings is 1. The number of benzene rings is 2. The van der Waals surface area contributed by atoms with Crippen molar-refractivity contribution >= 4 is 11.6 Å². The van der Waals surface area contributed by atoms with Gasteiger partial charge in [-0.2, -0.15) is 0 Å². The summed E-state index contributed by atoms with van der Waals surface area (Å²) in [4.78, 5) is 24.4. The number of hydrogen-bond acceptors (Lipinski definition) is 4. The lowest BCUT2D eigenvalue weighted by atomic mass is 10.00. The van der Waals surface area contributed by atoms with Gasteiger partial charge in [-0.15, -0.1) is 0 Å². The molecule has 1 aliphatic rings. The number of anilines is 1. The molecule has 1 aromatic heterocycles. The fourth-order valence-electron chi connectivity index (χ4n) is 3.88. The highest BCUT2D eigenvalue weighted by atomic mass is 16.1. The quantitative estimate of drug-likeness (QED) is 0.687. The minimum absolute atomic E-state index is 0.176. The Balaban J connectivity index is 1.51. The number of aromatic nitrogens is 2. The van der Waals surface area contributed by atoms with Crippen LogP contribution in [0.15, 0.2) is 66.9 Å². The molecule has 1 fully saturated rings. The van der Waals surface area contributed by atoms with Crippen molar-refractivity contribution in [2.75, 3.05) is 11.9 Å². The molecule has 0 radical (unpaired) electrons. The van der Waals surface area contributed by atoms with Gasteiger partial charge in [-0.25, -0.2) is 9.97 Å². The Labute approximate surface area is 171 Å². The normalized spacial score (nSPS) is 17.1. The number of para-hydroxylation sites is 1. The molecule has 0 bridgehead atoms. The number of carbonyl (C=O) groups is 1. The van der Waals surface area contributed by atoms with Crippen molar-refractivity contribution in [1.29, 1.82) is 0 Å². The van der Waals surface area contributed by atoms with E-state index in [2.05, 4.69) is 39.5 Å². The third-order valence-electron chi connectivity index (χ3n) is 5.41.